The lowest BCUT2D eigenvalue weighted by Crippen LogP contribution is -2.46. The fraction of sp³-hybridized carbons (Fsp3) is 0.208. The van der Waals surface area contributed by atoms with E-state index < -0.39 is 0 Å². The second-order valence-corrected chi connectivity index (χ2v) is 7.20. The second kappa shape index (κ2) is 9.30. The SMILES string of the molecule is COc1cccc(CN(Cc2cccnc2)C(=O)CN2C(=O)COc3ccccc32)c1. The summed E-state index contributed by atoms with van der Waals surface area (Å²) >= 11 is 0. The number of fused-ring (bicyclic) bond motifs is 1. The Bertz CT molecular complexity index is 1070. The Kier molecular flexibility index (Phi) is 6.12. The van der Waals surface area contributed by atoms with Gasteiger partial charge in [-0.25, -0.2) is 0 Å². The summed E-state index contributed by atoms with van der Waals surface area (Å²) in [4.78, 5) is 33.2. The highest BCUT2D eigenvalue weighted by Crippen LogP contribution is 2.31. The molecule has 0 atom stereocenters. The molecular formula is C24H23N3O4. The number of amides is 2. The average Bonchev–Trinajstić information content (AvgIpc) is 2.81. The summed E-state index contributed by atoms with van der Waals surface area (Å²) in [5.41, 5.74) is 2.45. The number of anilines is 1. The van der Waals surface area contributed by atoms with Crippen molar-refractivity contribution >= 4 is 17.5 Å². The maximum Gasteiger partial charge on any atom is 0.265 e. The number of nitrogens with zero attached hydrogens (tertiary/aromatic N) is 3. The molecule has 0 saturated carbocycles. The molecule has 2 amide bonds. The van der Waals surface area contributed by atoms with Crippen LogP contribution in [0.3, 0.4) is 0 Å². The molecule has 1 aliphatic heterocycles. The smallest absolute Gasteiger partial charge is 0.265 e. The van der Waals surface area contributed by atoms with Crippen molar-refractivity contribution in [3.05, 3.63) is 84.2 Å². The first-order chi connectivity index (χ1) is 15.1. The topological polar surface area (TPSA) is 72.0 Å². The number of carbonyl (C=O) groups excluding carboxylic acids is 2. The van der Waals surface area contributed by atoms with Gasteiger partial charge in [0.2, 0.25) is 5.91 Å². The van der Waals surface area contributed by atoms with Crippen LogP contribution in [0, 0.1) is 0 Å². The van der Waals surface area contributed by atoms with Crippen molar-refractivity contribution in [2.24, 2.45) is 0 Å². The lowest BCUT2D eigenvalue weighted by atomic mass is 10.1. The maximum atomic E-state index is 13.4. The number of pyridine rings is 1. The summed E-state index contributed by atoms with van der Waals surface area (Å²) in [5.74, 6) is 0.913. The van der Waals surface area contributed by atoms with Crippen molar-refractivity contribution < 1.29 is 19.1 Å². The molecule has 2 heterocycles. The number of ether oxygens (including phenoxy) is 2. The summed E-state index contributed by atoms with van der Waals surface area (Å²) in [5, 5.41) is 0. The number of para-hydroxylation sites is 2. The molecule has 4 rings (SSSR count). The van der Waals surface area contributed by atoms with Gasteiger partial charge in [0, 0.05) is 25.5 Å². The van der Waals surface area contributed by atoms with Crippen LogP contribution >= 0.6 is 0 Å². The third-order valence-electron chi connectivity index (χ3n) is 5.06. The predicted octanol–water partition coefficient (Wildman–Crippen LogP) is 3.04. The summed E-state index contributed by atoms with van der Waals surface area (Å²) in [7, 11) is 1.61. The van der Waals surface area contributed by atoms with Gasteiger partial charge in [0.25, 0.3) is 5.91 Å². The number of carbonyl (C=O) groups is 2. The molecule has 7 nitrogen and oxygen atoms in total. The van der Waals surface area contributed by atoms with Gasteiger partial charge in [-0.2, -0.15) is 0 Å². The summed E-state index contributed by atoms with van der Waals surface area (Å²) < 4.78 is 10.8. The Balaban J connectivity index is 1.58. The van der Waals surface area contributed by atoms with Crippen LogP contribution in [0.1, 0.15) is 11.1 Å². The van der Waals surface area contributed by atoms with Crippen molar-refractivity contribution in [2.45, 2.75) is 13.1 Å². The van der Waals surface area contributed by atoms with Gasteiger partial charge >= 0.3 is 0 Å². The Morgan fingerprint density at radius 3 is 2.71 bits per heavy atom. The van der Waals surface area contributed by atoms with Crippen molar-refractivity contribution in [1.29, 1.82) is 0 Å². The van der Waals surface area contributed by atoms with E-state index in [9.17, 15) is 9.59 Å². The van der Waals surface area contributed by atoms with Gasteiger partial charge in [-0.3, -0.25) is 19.5 Å². The molecule has 0 N–H and O–H groups in total. The van der Waals surface area contributed by atoms with Gasteiger partial charge in [-0.05, 0) is 41.5 Å². The lowest BCUT2D eigenvalue weighted by Gasteiger charge is -2.31. The van der Waals surface area contributed by atoms with Crippen LogP contribution in [0.25, 0.3) is 0 Å². The molecule has 0 radical (unpaired) electrons. The fourth-order valence-electron chi connectivity index (χ4n) is 3.50. The van der Waals surface area contributed by atoms with Crippen molar-refractivity contribution in [3.63, 3.8) is 0 Å². The second-order valence-electron chi connectivity index (χ2n) is 7.20. The molecule has 2 aromatic carbocycles. The molecule has 0 unspecified atom stereocenters. The van der Waals surface area contributed by atoms with Crippen LogP contribution in [-0.4, -0.2) is 42.0 Å². The van der Waals surface area contributed by atoms with E-state index in [-0.39, 0.29) is 25.0 Å². The minimum atomic E-state index is -0.241. The van der Waals surface area contributed by atoms with Crippen LogP contribution in [-0.2, 0) is 22.7 Å². The van der Waals surface area contributed by atoms with Crippen LogP contribution < -0.4 is 14.4 Å². The van der Waals surface area contributed by atoms with E-state index in [0.29, 0.717) is 24.5 Å². The predicted molar refractivity (Wildman–Crippen MR) is 116 cm³/mol. The van der Waals surface area contributed by atoms with Crippen LogP contribution in [0.4, 0.5) is 5.69 Å². The van der Waals surface area contributed by atoms with E-state index in [1.54, 1.807) is 36.5 Å². The van der Waals surface area contributed by atoms with E-state index in [1.807, 2.05) is 48.5 Å². The van der Waals surface area contributed by atoms with Gasteiger partial charge in [0.05, 0.1) is 12.8 Å². The number of rotatable bonds is 7. The summed E-state index contributed by atoms with van der Waals surface area (Å²) in [6.07, 6.45) is 3.43. The molecule has 1 aromatic heterocycles. The number of benzene rings is 2. The molecule has 0 aliphatic carbocycles. The van der Waals surface area contributed by atoms with Gasteiger partial charge < -0.3 is 14.4 Å². The third kappa shape index (κ3) is 4.83. The highest BCUT2D eigenvalue weighted by Gasteiger charge is 2.28. The highest BCUT2D eigenvalue weighted by molar-refractivity contribution is 6.02. The Morgan fingerprint density at radius 2 is 1.90 bits per heavy atom. The number of hydrogen-bond donors (Lipinski definition) is 0. The van der Waals surface area contributed by atoms with Gasteiger partial charge in [0.1, 0.15) is 18.0 Å². The van der Waals surface area contributed by atoms with Crippen LogP contribution in [0.2, 0.25) is 0 Å². The Morgan fingerprint density at radius 1 is 1.10 bits per heavy atom. The van der Waals surface area contributed by atoms with Gasteiger partial charge in [-0.1, -0.05) is 30.3 Å². The number of aromatic nitrogens is 1. The molecule has 3 aromatic rings. The monoisotopic (exact) mass is 417 g/mol. The van der Waals surface area contributed by atoms with Crippen LogP contribution in [0.5, 0.6) is 11.5 Å². The molecule has 7 heteroatoms. The highest BCUT2D eigenvalue weighted by atomic mass is 16.5. The van der Waals surface area contributed by atoms with E-state index in [4.69, 9.17) is 9.47 Å². The normalized spacial score (nSPS) is 12.7. The van der Waals surface area contributed by atoms with Gasteiger partial charge in [-0.15, -0.1) is 0 Å². The zero-order valence-electron chi connectivity index (χ0n) is 17.2. The van der Waals surface area contributed by atoms with E-state index in [2.05, 4.69) is 4.98 Å². The molecule has 31 heavy (non-hydrogen) atoms. The third-order valence-corrected chi connectivity index (χ3v) is 5.06. The minimum absolute atomic E-state index is 0.0660. The first-order valence-corrected chi connectivity index (χ1v) is 9.96. The number of hydrogen-bond acceptors (Lipinski definition) is 5. The molecule has 0 fully saturated rings. The summed E-state index contributed by atoms with van der Waals surface area (Å²) in [6.45, 7) is 0.612. The molecule has 0 saturated heterocycles. The zero-order chi connectivity index (χ0) is 21.6. The number of methoxy groups -OCH3 is 1. The van der Waals surface area contributed by atoms with E-state index in [0.717, 1.165) is 16.9 Å². The van der Waals surface area contributed by atoms with E-state index >= 15 is 0 Å². The zero-order valence-corrected chi connectivity index (χ0v) is 17.2. The van der Waals surface area contributed by atoms with Crippen molar-refractivity contribution in [2.75, 3.05) is 25.2 Å². The van der Waals surface area contributed by atoms with Crippen LogP contribution in [0.15, 0.2) is 73.1 Å². The molecule has 1 aliphatic rings. The quantitative estimate of drug-likeness (QED) is 0.591. The fourth-order valence-corrected chi connectivity index (χ4v) is 3.50. The molecular weight excluding hydrogens is 394 g/mol. The average molecular weight is 417 g/mol. The van der Waals surface area contributed by atoms with Crippen molar-refractivity contribution in [3.8, 4) is 11.5 Å². The first kappa shape index (κ1) is 20.4. The standard InChI is InChI=1S/C24H23N3O4/c1-30-20-8-4-6-18(12-20)14-26(15-19-7-5-11-25-13-19)23(28)16-27-21-9-2-3-10-22(21)31-17-24(27)29/h2-13H,14-17H2,1H3. The molecule has 0 bridgehead atoms. The Labute approximate surface area is 180 Å². The molecule has 158 valence electrons. The first-order valence-electron chi connectivity index (χ1n) is 9.96. The lowest BCUT2D eigenvalue weighted by molar-refractivity contribution is -0.133. The Hall–Kier alpha value is -3.87. The minimum Gasteiger partial charge on any atom is -0.497 e. The van der Waals surface area contributed by atoms with Gasteiger partial charge in [0.15, 0.2) is 6.61 Å². The molecule has 0 spiro atoms. The largest absolute Gasteiger partial charge is 0.497 e. The van der Waals surface area contributed by atoms with E-state index in [1.165, 1.54) is 4.90 Å². The maximum absolute atomic E-state index is 13.4. The van der Waals surface area contributed by atoms with Crippen molar-refractivity contribution in [1.82, 2.24) is 9.88 Å². The summed E-state index contributed by atoms with van der Waals surface area (Å²) in [6, 6.07) is 18.6.